The molecule has 1 aromatic carbocycles. The van der Waals surface area contributed by atoms with Crippen LogP contribution in [-0.4, -0.2) is 12.0 Å². The van der Waals surface area contributed by atoms with Crippen molar-refractivity contribution in [3.05, 3.63) is 34.7 Å². The number of nitriles is 1. The van der Waals surface area contributed by atoms with Crippen molar-refractivity contribution in [3.63, 3.8) is 0 Å². The van der Waals surface area contributed by atoms with Gasteiger partial charge in [-0.05, 0) is 13.0 Å². The molecular weight excluding hydrogens is 218 g/mol. The van der Waals surface area contributed by atoms with Gasteiger partial charge in [0.2, 0.25) is 0 Å². The summed E-state index contributed by atoms with van der Waals surface area (Å²) >= 11 is 1.38. The third kappa shape index (κ3) is 1.90. The van der Waals surface area contributed by atoms with Gasteiger partial charge in [0.25, 0.3) is 0 Å². The van der Waals surface area contributed by atoms with Crippen molar-refractivity contribution in [2.24, 2.45) is 0 Å². The number of hydrogen-bond acceptors (Lipinski definition) is 4. The standard InChI is InChI=1S/C12H11N3S/c1-8-4-3-5-9(6-8)11-10(7-13)16-12(14-2)15-11/h3-6H,1-2H3,(H,14,15). The van der Waals surface area contributed by atoms with Crippen LogP contribution < -0.4 is 5.32 Å². The lowest BCUT2D eigenvalue weighted by atomic mass is 10.1. The molecule has 0 atom stereocenters. The molecule has 1 N–H and O–H groups in total. The van der Waals surface area contributed by atoms with E-state index in [1.807, 2.05) is 31.2 Å². The summed E-state index contributed by atoms with van der Waals surface area (Å²) in [5.74, 6) is 0. The molecule has 16 heavy (non-hydrogen) atoms. The summed E-state index contributed by atoms with van der Waals surface area (Å²) < 4.78 is 0. The van der Waals surface area contributed by atoms with E-state index >= 15 is 0 Å². The zero-order chi connectivity index (χ0) is 11.5. The number of rotatable bonds is 2. The number of anilines is 1. The van der Waals surface area contributed by atoms with E-state index in [-0.39, 0.29) is 0 Å². The molecule has 3 nitrogen and oxygen atoms in total. The van der Waals surface area contributed by atoms with E-state index in [9.17, 15) is 0 Å². The van der Waals surface area contributed by atoms with Crippen LogP contribution in [0.1, 0.15) is 10.4 Å². The molecule has 0 radical (unpaired) electrons. The molecule has 0 bridgehead atoms. The zero-order valence-corrected chi connectivity index (χ0v) is 9.93. The van der Waals surface area contributed by atoms with Gasteiger partial charge in [0.1, 0.15) is 16.6 Å². The van der Waals surface area contributed by atoms with Crippen LogP contribution in [0.5, 0.6) is 0 Å². The maximum absolute atomic E-state index is 9.05. The predicted octanol–water partition coefficient (Wildman–Crippen LogP) is 3.03. The number of aryl methyl sites for hydroxylation is 1. The van der Waals surface area contributed by atoms with E-state index in [1.165, 1.54) is 16.9 Å². The topological polar surface area (TPSA) is 48.7 Å². The number of nitrogens with zero attached hydrogens (tertiary/aromatic N) is 2. The van der Waals surface area contributed by atoms with E-state index in [0.717, 1.165) is 16.4 Å². The number of hydrogen-bond donors (Lipinski definition) is 1. The minimum atomic E-state index is 0.648. The van der Waals surface area contributed by atoms with Crippen molar-refractivity contribution in [1.29, 1.82) is 5.26 Å². The van der Waals surface area contributed by atoms with E-state index < -0.39 is 0 Å². The van der Waals surface area contributed by atoms with Gasteiger partial charge in [-0.15, -0.1) is 0 Å². The number of thiazole rings is 1. The molecule has 0 aliphatic rings. The first kappa shape index (κ1) is 10.7. The van der Waals surface area contributed by atoms with Crippen molar-refractivity contribution >= 4 is 16.5 Å². The molecule has 1 aromatic heterocycles. The highest BCUT2D eigenvalue weighted by molar-refractivity contribution is 7.16. The Balaban J connectivity index is 2.55. The van der Waals surface area contributed by atoms with Gasteiger partial charge in [0, 0.05) is 12.6 Å². The quantitative estimate of drug-likeness (QED) is 0.861. The van der Waals surface area contributed by atoms with Crippen molar-refractivity contribution in [1.82, 2.24) is 4.98 Å². The lowest BCUT2D eigenvalue weighted by molar-refractivity contribution is 1.34. The first-order chi connectivity index (χ1) is 7.74. The predicted molar refractivity (Wildman–Crippen MR) is 66.5 cm³/mol. The fraction of sp³-hybridized carbons (Fsp3) is 0.167. The van der Waals surface area contributed by atoms with Crippen LogP contribution >= 0.6 is 11.3 Å². The first-order valence-electron chi connectivity index (χ1n) is 4.90. The smallest absolute Gasteiger partial charge is 0.184 e. The second-order valence-corrected chi connectivity index (χ2v) is 4.43. The van der Waals surface area contributed by atoms with Crippen LogP contribution in [0, 0.1) is 18.3 Å². The summed E-state index contributed by atoms with van der Waals surface area (Å²) in [4.78, 5) is 5.04. The highest BCUT2D eigenvalue weighted by Gasteiger charge is 2.11. The van der Waals surface area contributed by atoms with E-state index in [1.54, 1.807) is 7.05 Å². The molecule has 0 aliphatic heterocycles. The van der Waals surface area contributed by atoms with Gasteiger partial charge < -0.3 is 5.32 Å². The highest BCUT2D eigenvalue weighted by atomic mass is 32.1. The molecule has 0 saturated carbocycles. The minimum absolute atomic E-state index is 0.648. The van der Waals surface area contributed by atoms with E-state index in [0.29, 0.717) is 4.88 Å². The Morgan fingerprint density at radius 3 is 2.88 bits per heavy atom. The highest BCUT2D eigenvalue weighted by Crippen LogP contribution is 2.30. The Morgan fingerprint density at radius 2 is 2.25 bits per heavy atom. The molecule has 2 aromatic rings. The molecule has 0 unspecified atom stereocenters. The van der Waals surface area contributed by atoms with Crippen LogP contribution in [-0.2, 0) is 0 Å². The van der Waals surface area contributed by atoms with E-state index in [2.05, 4.69) is 16.4 Å². The molecule has 0 aliphatic carbocycles. The summed E-state index contributed by atoms with van der Waals surface area (Å²) in [6.45, 7) is 2.03. The van der Waals surface area contributed by atoms with Gasteiger partial charge in [0.15, 0.2) is 5.13 Å². The van der Waals surface area contributed by atoms with Crippen LogP contribution in [0.3, 0.4) is 0 Å². The second-order valence-electron chi connectivity index (χ2n) is 3.43. The average Bonchev–Trinajstić information content (AvgIpc) is 2.72. The van der Waals surface area contributed by atoms with Gasteiger partial charge in [-0.2, -0.15) is 5.26 Å². The summed E-state index contributed by atoms with van der Waals surface area (Å²) in [6, 6.07) is 10.2. The van der Waals surface area contributed by atoms with Gasteiger partial charge in [-0.25, -0.2) is 4.98 Å². The normalized spacial score (nSPS) is 9.81. The maximum atomic E-state index is 9.05. The molecule has 4 heteroatoms. The van der Waals surface area contributed by atoms with Crippen LogP contribution in [0.25, 0.3) is 11.3 Å². The summed E-state index contributed by atoms with van der Waals surface area (Å²) in [5.41, 5.74) is 2.93. The Labute approximate surface area is 98.4 Å². The molecule has 2 rings (SSSR count). The Bertz CT molecular complexity index is 552. The average molecular weight is 229 g/mol. The number of nitrogens with one attached hydrogen (secondary N) is 1. The largest absolute Gasteiger partial charge is 0.365 e. The van der Waals surface area contributed by atoms with Crippen molar-refractivity contribution in [2.45, 2.75) is 6.92 Å². The molecule has 0 saturated heterocycles. The minimum Gasteiger partial charge on any atom is -0.365 e. The Morgan fingerprint density at radius 1 is 1.44 bits per heavy atom. The molecule has 1 heterocycles. The van der Waals surface area contributed by atoms with Crippen molar-refractivity contribution in [2.75, 3.05) is 12.4 Å². The Hall–Kier alpha value is -1.86. The monoisotopic (exact) mass is 229 g/mol. The molecular formula is C12H11N3S. The zero-order valence-electron chi connectivity index (χ0n) is 9.11. The molecule has 0 amide bonds. The third-order valence-corrected chi connectivity index (χ3v) is 3.21. The fourth-order valence-corrected chi connectivity index (χ4v) is 2.23. The molecule has 80 valence electrons. The van der Waals surface area contributed by atoms with Gasteiger partial charge in [0.05, 0.1) is 0 Å². The number of benzene rings is 1. The second kappa shape index (κ2) is 4.33. The van der Waals surface area contributed by atoms with Gasteiger partial charge in [-0.3, -0.25) is 0 Å². The summed E-state index contributed by atoms with van der Waals surface area (Å²) in [7, 11) is 1.81. The van der Waals surface area contributed by atoms with Crippen LogP contribution in [0.2, 0.25) is 0 Å². The first-order valence-corrected chi connectivity index (χ1v) is 5.72. The fourth-order valence-electron chi connectivity index (χ4n) is 1.49. The Kier molecular flexibility index (Phi) is 2.88. The summed E-state index contributed by atoms with van der Waals surface area (Å²) in [6.07, 6.45) is 0. The third-order valence-electron chi connectivity index (χ3n) is 2.23. The van der Waals surface area contributed by atoms with Crippen molar-refractivity contribution in [3.8, 4) is 17.3 Å². The maximum Gasteiger partial charge on any atom is 0.184 e. The molecule has 0 spiro atoms. The SMILES string of the molecule is CNc1nc(-c2cccc(C)c2)c(C#N)s1. The lowest BCUT2D eigenvalue weighted by Crippen LogP contribution is -1.86. The van der Waals surface area contributed by atoms with Crippen LogP contribution in [0.15, 0.2) is 24.3 Å². The number of aromatic nitrogens is 1. The summed E-state index contributed by atoms with van der Waals surface area (Å²) in [5, 5.41) is 12.8. The van der Waals surface area contributed by atoms with Gasteiger partial charge >= 0.3 is 0 Å². The van der Waals surface area contributed by atoms with Crippen molar-refractivity contribution < 1.29 is 0 Å². The van der Waals surface area contributed by atoms with Crippen LogP contribution in [0.4, 0.5) is 5.13 Å². The lowest BCUT2D eigenvalue weighted by Gasteiger charge is -1.98. The van der Waals surface area contributed by atoms with Gasteiger partial charge in [-0.1, -0.05) is 35.1 Å². The molecule has 0 fully saturated rings. The van der Waals surface area contributed by atoms with E-state index in [4.69, 9.17) is 5.26 Å².